The van der Waals surface area contributed by atoms with Crippen molar-refractivity contribution < 1.29 is 27.4 Å². The molecule has 2 aromatic rings. The summed E-state index contributed by atoms with van der Waals surface area (Å²) in [6, 6.07) is 1.13. The predicted octanol–water partition coefficient (Wildman–Crippen LogP) is 5.85. The van der Waals surface area contributed by atoms with Crippen LogP contribution in [0.1, 0.15) is 59.8 Å². The Kier molecular flexibility index (Phi) is 7.11. The smallest absolute Gasteiger partial charge is 0.411 e. The molecule has 0 unspecified atom stereocenters. The molecule has 41 heavy (non-hydrogen) atoms. The minimum absolute atomic E-state index is 0.0213. The topological polar surface area (TPSA) is 71.0 Å². The molecule has 0 spiro atoms. The molecule has 1 aliphatic carbocycles. The Labute approximate surface area is 246 Å². The summed E-state index contributed by atoms with van der Waals surface area (Å²) in [5, 5.41) is 0.247. The highest BCUT2D eigenvalue weighted by atomic mass is 79.9. The Morgan fingerprint density at radius 2 is 1.93 bits per heavy atom. The lowest BCUT2D eigenvalue weighted by Gasteiger charge is -2.47. The summed E-state index contributed by atoms with van der Waals surface area (Å²) in [6.45, 7) is 10.6. The SMILES string of the molecule is CC(C)(C)OC(=O)N1[C@@H]2CC[C@]1(C)CN(c1nc(OCC3(CN4CC[C@@H](F)C4)CC3)nc3c(F)c(Br)c(F)cc13)C2. The van der Waals surface area contributed by atoms with Gasteiger partial charge in [-0.05, 0) is 81.8 Å². The van der Waals surface area contributed by atoms with Crippen LogP contribution in [0.2, 0.25) is 0 Å². The zero-order chi connectivity index (χ0) is 29.3. The fourth-order valence-corrected chi connectivity index (χ4v) is 6.96. The number of likely N-dealkylation sites (tertiary alicyclic amines) is 1. The third-order valence-corrected chi connectivity index (χ3v) is 9.57. The van der Waals surface area contributed by atoms with E-state index < -0.39 is 28.9 Å². The van der Waals surface area contributed by atoms with E-state index in [4.69, 9.17) is 14.5 Å². The van der Waals surface area contributed by atoms with Gasteiger partial charge in [0.1, 0.15) is 28.9 Å². The number of rotatable bonds is 6. The molecule has 3 atom stereocenters. The number of fused-ring (bicyclic) bond motifs is 3. The molecule has 1 saturated carbocycles. The summed E-state index contributed by atoms with van der Waals surface area (Å²) in [6.07, 6.45) is 2.88. The second-order valence-corrected chi connectivity index (χ2v) is 14.3. The average molecular weight is 641 g/mol. The molecule has 2 bridgehead atoms. The fourth-order valence-electron chi connectivity index (χ4n) is 6.66. The van der Waals surface area contributed by atoms with Crippen LogP contribution in [0.25, 0.3) is 10.9 Å². The van der Waals surface area contributed by atoms with Crippen molar-refractivity contribution in [2.75, 3.05) is 44.2 Å². The maximum Gasteiger partial charge on any atom is 0.411 e. The first-order valence-electron chi connectivity index (χ1n) is 14.4. The van der Waals surface area contributed by atoms with Crippen molar-refractivity contribution in [2.45, 2.75) is 83.2 Å². The van der Waals surface area contributed by atoms with Gasteiger partial charge in [0.2, 0.25) is 0 Å². The lowest BCUT2D eigenvalue weighted by atomic mass is 9.97. The zero-order valence-electron chi connectivity index (χ0n) is 24.0. The van der Waals surface area contributed by atoms with Crippen molar-refractivity contribution in [3.8, 4) is 6.01 Å². The van der Waals surface area contributed by atoms with Gasteiger partial charge in [0.05, 0.1) is 22.7 Å². The summed E-state index contributed by atoms with van der Waals surface area (Å²) in [4.78, 5) is 28.2. The molecule has 224 valence electrons. The third-order valence-electron chi connectivity index (χ3n) is 8.84. The number of aromatic nitrogens is 2. The molecule has 1 aromatic heterocycles. The summed E-state index contributed by atoms with van der Waals surface area (Å²) in [7, 11) is 0. The summed E-state index contributed by atoms with van der Waals surface area (Å²) >= 11 is 3.01. The normalized spacial score (nSPS) is 27.5. The van der Waals surface area contributed by atoms with Crippen molar-refractivity contribution in [1.82, 2.24) is 19.8 Å². The molecule has 1 aromatic carbocycles. The number of anilines is 1. The van der Waals surface area contributed by atoms with Gasteiger partial charge in [0.25, 0.3) is 0 Å². The highest BCUT2D eigenvalue weighted by molar-refractivity contribution is 9.10. The van der Waals surface area contributed by atoms with E-state index in [2.05, 4.69) is 25.8 Å². The van der Waals surface area contributed by atoms with Crippen LogP contribution >= 0.6 is 15.9 Å². The van der Waals surface area contributed by atoms with Gasteiger partial charge in [-0.15, -0.1) is 0 Å². The van der Waals surface area contributed by atoms with Gasteiger partial charge >= 0.3 is 12.1 Å². The molecule has 0 radical (unpaired) electrons. The first-order valence-corrected chi connectivity index (χ1v) is 15.2. The summed E-state index contributed by atoms with van der Waals surface area (Å²) in [5.41, 5.74) is -1.30. The van der Waals surface area contributed by atoms with Crippen LogP contribution in [0, 0.1) is 17.0 Å². The van der Waals surface area contributed by atoms with Crippen molar-refractivity contribution >= 4 is 38.7 Å². The largest absolute Gasteiger partial charge is 0.463 e. The minimum atomic E-state index is -0.817. The minimum Gasteiger partial charge on any atom is -0.463 e. The predicted molar refractivity (Wildman–Crippen MR) is 152 cm³/mol. The highest BCUT2D eigenvalue weighted by Crippen LogP contribution is 2.47. The average Bonchev–Trinajstić information content (AvgIpc) is 3.47. The van der Waals surface area contributed by atoms with Crippen LogP contribution in [0.15, 0.2) is 10.5 Å². The highest BCUT2D eigenvalue weighted by Gasteiger charge is 2.52. The lowest BCUT2D eigenvalue weighted by molar-refractivity contribution is -0.00280. The Balaban J connectivity index is 1.29. The maximum absolute atomic E-state index is 15.4. The molecule has 0 N–H and O–H groups in total. The van der Waals surface area contributed by atoms with Gasteiger partial charge in [-0.25, -0.2) is 18.0 Å². The van der Waals surface area contributed by atoms with Gasteiger partial charge in [0.15, 0.2) is 5.82 Å². The second-order valence-electron chi connectivity index (χ2n) is 13.5. The van der Waals surface area contributed by atoms with E-state index in [0.29, 0.717) is 38.5 Å². The number of piperazine rings is 1. The van der Waals surface area contributed by atoms with E-state index in [-0.39, 0.29) is 38.9 Å². The van der Waals surface area contributed by atoms with Gasteiger partial charge in [-0.2, -0.15) is 9.97 Å². The number of nitrogens with zero attached hydrogens (tertiary/aromatic N) is 5. The van der Waals surface area contributed by atoms with Crippen LogP contribution < -0.4 is 9.64 Å². The maximum atomic E-state index is 15.4. The van der Waals surface area contributed by atoms with Crippen LogP contribution in [0.5, 0.6) is 6.01 Å². The third kappa shape index (κ3) is 5.58. The molecule has 3 aliphatic heterocycles. The van der Waals surface area contributed by atoms with Crippen LogP contribution in [0.3, 0.4) is 0 Å². The second kappa shape index (κ2) is 10.1. The molecule has 4 fully saturated rings. The molecule has 1 amide bonds. The number of hydrogen-bond donors (Lipinski definition) is 0. The number of ether oxygens (including phenoxy) is 2. The van der Waals surface area contributed by atoms with Crippen molar-refractivity contribution in [3.63, 3.8) is 0 Å². The molecule has 4 aliphatic rings. The number of hydrogen-bond acceptors (Lipinski definition) is 7. The van der Waals surface area contributed by atoms with Crippen LogP contribution in [-0.2, 0) is 4.74 Å². The molecule has 8 nitrogen and oxygen atoms in total. The van der Waals surface area contributed by atoms with Gasteiger partial charge < -0.3 is 14.4 Å². The number of alkyl halides is 1. The van der Waals surface area contributed by atoms with E-state index in [0.717, 1.165) is 38.8 Å². The Hall–Kier alpha value is -2.34. The molecule has 4 heterocycles. The number of carbonyl (C=O) groups is 1. The van der Waals surface area contributed by atoms with E-state index in [1.165, 1.54) is 6.07 Å². The zero-order valence-corrected chi connectivity index (χ0v) is 25.6. The number of amides is 1. The van der Waals surface area contributed by atoms with E-state index >= 15 is 4.39 Å². The van der Waals surface area contributed by atoms with Crippen molar-refractivity contribution in [1.29, 1.82) is 0 Å². The first kappa shape index (κ1) is 28.8. The molecule has 12 heteroatoms. The van der Waals surface area contributed by atoms with E-state index in [1.54, 1.807) is 0 Å². The van der Waals surface area contributed by atoms with E-state index in [1.807, 2.05) is 37.5 Å². The Morgan fingerprint density at radius 3 is 2.56 bits per heavy atom. The summed E-state index contributed by atoms with van der Waals surface area (Å²) < 4.78 is 55.4. The van der Waals surface area contributed by atoms with Gasteiger partial charge in [-0.1, -0.05) is 0 Å². The molecule has 3 saturated heterocycles. The van der Waals surface area contributed by atoms with E-state index in [9.17, 15) is 13.6 Å². The number of carbonyl (C=O) groups excluding carboxylic acids is 1. The quantitative estimate of drug-likeness (QED) is 0.367. The van der Waals surface area contributed by atoms with Gasteiger partial charge in [-0.3, -0.25) is 9.80 Å². The number of halogens is 4. The Bertz CT molecular complexity index is 1370. The molecular formula is C29H37BrF3N5O3. The summed E-state index contributed by atoms with van der Waals surface area (Å²) in [5.74, 6) is -1.19. The first-order chi connectivity index (χ1) is 19.3. The molecule has 6 rings (SSSR count). The van der Waals surface area contributed by atoms with Crippen molar-refractivity contribution in [3.05, 3.63) is 22.2 Å². The fraction of sp³-hybridized carbons (Fsp3) is 0.690. The van der Waals surface area contributed by atoms with Crippen LogP contribution in [-0.4, -0.2) is 88.5 Å². The molecular weight excluding hydrogens is 603 g/mol. The van der Waals surface area contributed by atoms with Crippen molar-refractivity contribution in [2.24, 2.45) is 5.41 Å². The lowest BCUT2D eigenvalue weighted by Crippen LogP contribution is -2.63. The number of benzene rings is 1. The standard InChI is InChI=1S/C29H37BrF3N5O3/c1-27(2,3)41-26(39)38-18-5-7-28(38,4)14-37(13-18)24-19-11-20(32)21(30)22(33)23(19)34-25(35-24)40-16-29(8-9-29)15-36-10-6-17(31)12-36/h11,17-18H,5-10,12-16H2,1-4H3/t17-,18-,28-/m1/s1. The van der Waals surface area contributed by atoms with Gasteiger partial charge in [0, 0.05) is 43.5 Å². The Morgan fingerprint density at radius 1 is 1.17 bits per heavy atom. The monoisotopic (exact) mass is 639 g/mol. The van der Waals surface area contributed by atoms with Crippen LogP contribution in [0.4, 0.5) is 23.8 Å².